The molecule has 0 bridgehead atoms. The van der Waals surface area contributed by atoms with Crippen molar-refractivity contribution in [3.8, 4) is 11.5 Å². The van der Waals surface area contributed by atoms with Gasteiger partial charge in [0.25, 0.3) is 0 Å². The molecule has 0 radical (unpaired) electrons. The molecule has 0 heterocycles. The molecule has 0 unspecified atom stereocenters. The maximum absolute atomic E-state index is 5.41. The SMILES string of the molecule is COc1ccc(N(C)c2cc(C)c(OC)c(C)c2)cc1. The van der Waals surface area contributed by atoms with Crippen LogP contribution in [0.5, 0.6) is 11.5 Å². The van der Waals surface area contributed by atoms with Crippen LogP contribution in [-0.4, -0.2) is 21.3 Å². The minimum absolute atomic E-state index is 0.865. The number of hydrogen-bond donors (Lipinski definition) is 0. The first kappa shape index (κ1) is 14.3. The third-order valence-corrected chi connectivity index (χ3v) is 3.50. The zero-order valence-electron chi connectivity index (χ0n) is 12.7. The average Bonchev–Trinajstić information content (AvgIpc) is 2.46. The van der Waals surface area contributed by atoms with E-state index in [-0.39, 0.29) is 0 Å². The van der Waals surface area contributed by atoms with Gasteiger partial charge in [-0.05, 0) is 61.4 Å². The number of hydrogen-bond acceptors (Lipinski definition) is 3. The molecule has 0 fully saturated rings. The van der Waals surface area contributed by atoms with Crippen LogP contribution in [0.25, 0.3) is 0 Å². The summed E-state index contributed by atoms with van der Waals surface area (Å²) in [6.45, 7) is 4.13. The molecular weight excluding hydrogens is 250 g/mol. The van der Waals surface area contributed by atoms with Gasteiger partial charge in [0.05, 0.1) is 14.2 Å². The second-order valence-corrected chi connectivity index (χ2v) is 4.87. The Morgan fingerprint density at radius 3 is 1.80 bits per heavy atom. The van der Waals surface area contributed by atoms with Crippen molar-refractivity contribution in [2.24, 2.45) is 0 Å². The minimum Gasteiger partial charge on any atom is -0.497 e. The molecule has 0 aromatic heterocycles. The Kier molecular flexibility index (Phi) is 4.18. The summed E-state index contributed by atoms with van der Waals surface area (Å²) in [4.78, 5) is 2.15. The zero-order valence-corrected chi connectivity index (χ0v) is 12.7. The monoisotopic (exact) mass is 271 g/mol. The molecule has 0 N–H and O–H groups in total. The van der Waals surface area contributed by atoms with Crippen molar-refractivity contribution < 1.29 is 9.47 Å². The Labute approximate surface area is 120 Å². The molecule has 0 aliphatic heterocycles. The van der Waals surface area contributed by atoms with E-state index in [0.29, 0.717) is 0 Å². The van der Waals surface area contributed by atoms with Crippen LogP contribution in [0.1, 0.15) is 11.1 Å². The average molecular weight is 271 g/mol. The van der Waals surface area contributed by atoms with Gasteiger partial charge in [-0.3, -0.25) is 0 Å². The second kappa shape index (κ2) is 5.87. The van der Waals surface area contributed by atoms with Gasteiger partial charge in [0.15, 0.2) is 0 Å². The third kappa shape index (κ3) is 2.72. The number of anilines is 2. The molecule has 3 heteroatoms. The molecule has 106 valence electrons. The van der Waals surface area contributed by atoms with E-state index in [1.807, 2.05) is 24.3 Å². The maximum atomic E-state index is 5.41. The van der Waals surface area contributed by atoms with Crippen LogP contribution >= 0.6 is 0 Å². The lowest BCUT2D eigenvalue weighted by Gasteiger charge is -2.22. The number of aryl methyl sites for hydroxylation is 2. The van der Waals surface area contributed by atoms with E-state index >= 15 is 0 Å². The molecule has 0 spiro atoms. The largest absolute Gasteiger partial charge is 0.497 e. The summed E-state index contributed by atoms with van der Waals surface area (Å²) < 4.78 is 10.6. The highest BCUT2D eigenvalue weighted by Crippen LogP contribution is 2.32. The fourth-order valence-corrected chi connectivity index (χ4v) is 2.40. The van der Waals surface area contributed by atoms with Gasteiger partial charge in [-0.2, -0.15) is 0 Å². The summed E-state index contributed by atoms with van der Waals surface area (Å²) in [6.07, 6.45) is 0. The summed E-state index contributed by atoms with van der Waals surface area (Å²) in [7, 11) is 5.44. The highest BCUT2D eigenvalue weighted by molar-refractivity contribution is 5.66. The lowest BCUT2D eigenvalue weighted by Crippen LogP contribution is -2.10. The number of benzene rings is 2. The first-order chi connectivity index (χ1) is 9.56. The topological polar surface area (TPSA) is 21.7 Å². The Bertz CT molecular complexity index is 567. The van der Waals surface area contributed by atoms with Crippen molar-refractivity contribution in [3.63, 3.8) is 0 Å². The van der Waals surface area contributed by atoms with E-state index < -0.39 is 0 Å². The van der Waals surface area contributed by atoms with E-state index in [0.717, 1.165) is 34.0 Å². The van der Waals surface area contributed by atoms with Crippen LogP contribution in [0, 0.1) is 13.8 Å². The summed E-state index contributed by atoms with van der Waals surface area (Å²) in [6, 6.07) is 12.3. The van der Waals surface area contributed by atoms with Crippen LogP contribution in [0.4, 0.5) is 11.4 Å². The molecule has 3 nitrogen and oxygen atoms in total. The molecule has 20 heavy (non-hydrogen) atoms. The Morgan fingerprint density at radius 1 is 0.800 bits per heavy atom. The predicted octanol–water partition coefficient (Wildman–Crippen LogP) is 4.09. The summed E-state index contributed by atoms with van der Waals surface area (Å²) in [5, 5.41) is 0. The van der Waals surface area contributed by atoms with Gasteiger partial charge in [0.2, 0.25) is 0 Å². The van der Waals surface area contributed by atoms with Gasteiger partial charge < -0.3 is 14.4 Å². The molecule has 0 aliphatic rings. The zero-order chi connectivity index (χ0) is 14.7. The first-order valence-electron chi connectivity index (χ1n) is 6.60. The fourth-order valence-electron chi connectivity index (χ4n) is 2.40. The number of methoxy groups -OCH3 is 2. The molecule has 2 aromatic carbocycles. The first-order valence-corrected chi connectivity index (χ1v) is 6.60. The second-order valence-electron chi connectivity index (χ2n) is 4.87. The van der Waals surface area contributed by atoms with Gasteiger partial charge >= 0.3 is 0 Å². The van der Waals surface area contributed by atoms with Crippen LogP contribution < -0.4 is 14.4 Å². The van der Waals surface area contributed by atoms with Crippen molar-refractivity contribution >= 4 is 11.4 Å². The highest BCUT2D eigenvalue weighted by atomic mass is 16.5. The number of ether oxygens (including phenoxy) is 2. The summed E-state index contributed by atoms with van der Waals surface area (Å²) in [5.41, 5.74) is 4.55. The summed E-state index contributed by atoms with van der Waals surface area (Å²) in [5.74, 6) is 1.82. The van der Waals surface area contributed by atoms with Gasteiger partial charge in [0.1, 0.15) is 11.5 Å². The van der Waals surface area contributed by atoms with Gasteiger partial charge in [-0.25, -0.2) is 0 Å². The van der Waals surface area contributed by atoms with E-state index in [1.165, 1.54) is 0 Å². The molecular formula is C17H21NO2. The van der Waals surface area contributed by atoms with E-state index in [1.54, 1.807) is 14.2 Å². The van der Waals surface area contributed by atoms with Crippen LogP contribution in [-0.2, 0) is 0 Å². The standard InChI is InChI=1S/C17H21NO2/c1-12-10-15(11-13(2)17(12)20-5)18(3)14-6-8-16(19-4)9-7-14/h6-11H,1-5H3. The Morgan fingerprint density at radius 2 is 1.35 bits per heavy atom. The van der Waals surface area contributed by atoms with Crippen molar-refractivity contribution in [2.45, 2.75) is 13.8 Å². The lowest BCUT2D eigenvalue weighted by molar-refractivity contribution is 0.408. The van der Waals surface area contributed by atoms with Crippen LogP contribution in [0.2, 0.25) is 0 Å². The molecule has 0 saturated carbocycles. The minimum atomic E-state index is 0.865. The molecule has 2 aromatic rings. The summed E-state index contributed by atoms with van der Waals surface area (Å²) >= 11 is 0. The van der Waals surface area contributed by atoms with E-state index in [9.17, 15) is 0 Å². The van der Waals surface area contributed by atoms with Crippen molar-refractivity contribution in [3.05, 3.63) is 47.5 Å². The normalized spacial score (nSPS) is 10.2. The van der Waals surface area contributed by atoms with Gasteiger partial charge in [0, 0.05) is 18.4 Å². The highest BCUT2D eigenvalue weighted by Gasteiger charge is 2.09. The lowest BCUT2D eigenvalue weighted by atomic mass is 10.1. The van der Waals surface area contributed by atoms with Crippen molar-refractivity contribution in [1.29, 1.82) is 0 Å². The maximum Gasteiger partial charge on any atom is 0.124 e. The van der Waals surface area contributed by atoms with Crippen LogP contribution in [0.3, 0.4) is 0 Å². The Balaban J connectivity index is 2.34. The predicted molar refractivity (Wildman–Crippen MR) is 83.5 cm³/mol. The Hall–Kier alpha value is -2.16. The third-order valence-electron chi connectivity index (χ3n) is 3.50. The van der Waals surface area contributed by atoms with E-state index in [2.05, 4.69) is 37.9 Å². The molecule has 0 saturated heterocycles. The molecule has 2 rings (SSSR count). The van der Waals surface area contributed by atoms with Crippen molar-refractivity contribution in [2.75, 3.05) is 26.2 Å². The quantitative estimate of drug-likeness (QED) is 0.836. The van der Waals surface area contributed by atoms with Gasteiger partial charge in [-0.15, -0.1) is 0 Å². The number of rotatable bonds is 4. The van der Waals surface area contributed by atoms with Gasteiger partial charge in [-0.1, -0.05) is 0 Å². The number of nitrogens with zero attached hydrogens (tertiary/aromatic N) is 1. The smallest absolute Gasteiger partial charge is 0.124 e. The fraction of sp³-hybridized carbons (Fsp3) is 0.294. The molecule has 0 atom stereocenters. The molecule has 0 aliphatic carbocycles. The van der Waals surface area contributed by atoms with E-state index in [4.69, 9.17) is 9.47 Å². The van der Waals surface area contributed by atoms with Crippen molar-refractivity contribution in [1.82, 2.24) is 0 Å². The molecule has 0 amide bonds. The van der Waals surface area contributed by atoms with Crippen LogP contribution in [0.15, 0.2) is 36.4 Å².